The van der Waals surface area contributed by atoms with Crippen LogP contribution < -0.4 is 4.90 Å². The largest absolute Gasteiger partial charge is 0.311 e. The summed E-state index contributed by atoms with van der Waals surface area (Å²) in [6, 6.07) is 35.2. The molecule has 4 aromatic carbocycles. The number of anilines is 3. The van der Waals surface area contributed by atoms with Gasteiger partial charge in [-0.15, -0.1) is 0 Å². The molecule has 1 aliphatic rings. The molecule has 0 saturated carbocycles. The minimum atomic E-state index is 1.07. The zero-order valence-electron chi connectivity index (χ0n) is 18.2. The predicted molar refractivity (Wildman–Crippen MR) is 132 cm³/mol. The first-order valence-electron chi connectivity index (χ1n) is 11.0. The monoisotopic (exact) mass is 401 g/mol. The fourth-order valence-corrected chi connectivity index (χ4v) is 4.35. The summed E-state index contributed by atoms with van der Waals surface area (Å²) >= 11 is 0. The maximum atomic E-state index is 2.35. The highest BCUT2D eigenvalue weighted by Gasteiger charge is 2.15. The van der Waals surface area contributed by atoms with Crippen molar-refractivity contribution in [2.45, 2.75) is 26.7 Å². The molecular weight excluding hydrogens is 374 g/mol. The molecule has 0 bridgehead atoms. The molecule has 1 aliphatic carbocycles. The van der Waals surface area contributed by atoms with E-state index in [4.69, 9.17) is 0 Å². The van der Waals surface area contributed by atoms with E-state index >= 15 is 0 Å². The molecule has 152 valence electrons. The third kappa shape index (κ3) is 4.18. The molecule has 0 radical (unpaired) electrons. The molecule has 31 heavy (non-hydrogen) atoms. The fourth-order valence-electron chi connectivity index (χ4n) is 4.35. The summed E-state index contributed by atoms with van der Waals surface area (Å²) in [7, 11) is 0. The van der Waals surface area contributed by atoms with Crippen molar-refractivity contribution in [1.82, 2.24) is 0 Å². The summed E-state index contributed by atoms with van der Waals surface area (Å²) in [5, 5.41) is 0. The second-order valence-electron chi connectivity index (χ2n) is 8.52. The lowest BCUT2D eigenvalue weighted by molar-refractivity contribution is 1.19. The van der Waals surface area contributed by atoms with Crippen LogP contribution in [0.5, 0.6) is 0 Å². The standard InChI is InChI=1S/C30H27N/c1-22-7-13-28(14-8-22)31(29-15-9-23(2)10-16-29)30-17-11-24(12-18-30)19-25-20-26-5-3-4-6-27(26)21-25/h3-19H,20-21H2,1-2H3. The highest BCUT2D eigenvalue weighted by Crippen LogP contribution is 2.35. The summed E-state index contributed by atoms with van der Waals surface area (Å²) < 4.78 is 0. The Morgan fingerprint density at radius 2 is 0.968 bits per heavy atom. The molecule has 0 atom stereocenters. The average molecular weight is 402 g/mol. The van der Waals surface area contributed by atoms with Gasteiger partial charge >= 0.3 is 0 Å². The molecule has 1 heteroatoms. The smallest absolute Gasteiger partial charge is 0.0462 e. The number of hydrogen-bond acceptors (Lipinski definition) is 1. The van der Waals surface area contributed by atoms with E-state index in [1.165, 1.54) is 50.5 Å². The van der Waals surface area contributed by atoms with Crippen LogP contribution in [-0.2, 0) is 12.8 Å². The van der Waals surface area contributed by atoms with Crippen LogP contribution in [0.1, 0.15) is 27.8 Å². The molecule has 0 N–H and O–H groups in total. The van der Waals surface area contributed by atoms with Crippen LogP contribution in [0.4, 0.5) is 17.1 Å². The second kappa shape index (κ2) is 8.28. The number of nitrogens with zero attached hydrogens (tertiary/aromatic N) is 1. The second-order valence-corrected chi connectivity index (χ2v) is 8.52. The van der Waals surface area contributed by atoms with Gasteiger partial charge in [-0.3, -0.25) is 0 Å². The molecule has 0 fully saturated rings. The minimum Gasteiger partial charge on any atom is -0.311 e. The average Bonchev–Trinajstić information content (AvgIpc) is 3.20. The van der Waals surface area contributed by atoms with Gasteiger partial charge < -0.3 is 4.90 Å². The van der Waals surface area contributed by atoms with Gasteiger partial charge in [-0.05, 0) is 79.8 Å². The van der Waals surface area contributed by atoms with Gasteiger partial charge in [-0.1, -0.05) is 83.4 Å². The van der Waals surface area contributed by atoms with Gasteiger partial charge in [0.2, 0.25) is 0 Å². The summed E-state index contributed by atoms with van der Waals surface area (Å²) in [5.74, 6) is 0. The van der Waals surface area contributed by atoms with E-state index < -0.39 is 0 Å². The van der Waals surface area contributed by atoms with Crippen molar-refractivity contribution < 1.29 is 0 Å². The number of aryl methyl sites for hydroxylation is 2. The van der Waals surface area contributed by atoms with Crippen LogP contribution in [0.2, 0.25) is 0 Å². The zero-order valence-corrected chi connectivity index (χ0v) is 18.2. The Balaban J connectivity index is 1.46. The summed E-state index contributed by atoms with van der Waals surface area (Å²) in [6.07, 6.45) is 4.49. The lowest BCUT2D eigenvalue weighted by atomic mass is 10.1. The number of allylic oxidation sites excluding steroid dienone is 1. The van der Waals surface area contributed by atoms with Gasteiger partial charge in [0.1, 0.15) is 0 Å². The van der Waals surface area contributed by atoms with Crippen LogP contribution >= 0.6 is 0 Å². The topological polar surface area (TPSA) is 3.24 Å². The first-order valence-corrected chi connectivity index (χ1v) is 11.0. The van der Waals surface area contributed by atoms with Crippen LogP contribution in [0.25, 0.3) is 6.08 Å². The highest BCUT2D eigenvalue weighted by molar-refractivity contribution is 5.77. The predicted octanol–water partition coefficient (Wildman–Crippen LogP) is 7.96. The molecule has 5 rings (SSSR count). The first-order chi connectivity index (χ1) is 15.2. The molecular formula is C30H27N. The zero-order chi connectivity index (χ0) is 21.2. The van der Waals surface area contributed by atoms with E-state index in [-0.39, 0.29) is 0 Å². The Bertz CT molecular complexity index is 1140. The third-order valence-corrected chi connectivity index (χ3v) is 6.06. The Morgan fingerprint density at radius 1 is 0.548 bits per heavy atom. The van der Waals surface area contributed by atoms with Gasteiger partial charge in [0, 0.05) is 17.1 Å². The molecule has 0 aromatic heterocycles. The van der Waals surface area contributed by atoms with E-state index in [1.807, 2.05) is 0 Å². The first kappa shape index (κ1) is 19.4. The Labute approximate surface area is 185 Å². The number of fused-ring (bicyclic) bond motifs is 1. The van der Waals surface area contributed by atoms with Gasteiger partial charge in [0.25, 0.3) is 0 Å². The van der Waals surface area contributed by atoms with E-state index in [9.17, 15) is 0 Å². The van der Waals surface area contributed by atoms with Gasteiger partial charge in [-0.25, -0.2) is 0 Å². The van der Waals surface area contributed by atoms with Crippen molar-refractivity contribution in [1.29, 1.82) is 0 Å². The highest BCUT2D eigenvalue weighted by atomic mass is 15.1. The SMILES string of the molecule is Cc1ccc(N(c2ccc(C)cc2)c2ccc(C=C3Cc4ccccc4C3)cc2)cc1. The van der Waals surface area contributed by atoms with Crippen LogP contribution in [0.15, 0.2) is 103 Å². The van der Waals surface area contributed by atoms with Crippen molar-refractivity contribution in [3.63, 3.8) is 0 Å². The molecule has 0 heterocycles. The van der Waals surface area contributed by atoms with Crippen molar-refractivity contribution in [3.05, 3.63) is 130 Å². The Hall–Kier alpha value is -3.58. The normalized spacial score (nSPS) is 12.5. The molecule has 0 aliphatic heterocycles. The van der Waals surface area contributed by atoms with Gasteiger partial charge in [0.05, 0.1) is 0 Å². The number of rotatable bonds is 4. The number of benzene rings is 4. The van der Waals surface area contributed by atoms with Crippen LogP contribution in [0, 0.1) is 13.8 Å². The van der Waals surface area contributed by atoms with E-state index in [0.29, 0.717) is 0 Å². The van der Waals surface area contributed by atoms with Crippen molar-refractivity contribution in [2.24, 2.45) is 0 Å². The Morgan fingerprint density at radius 3 is 1.42 bits per heavy atom. The summed E-state index contributed by atoms with van der Waals surface area (Å²) in [5.41, 5.74) is 11.7. The Kier molecular flexibility index (Phi) is 5.18. The third-order valence-electron chi connectivity index (χ3n) is 6.06. The lowest BCUT2D eigenvalue weighted by Crippen LogP contribution is -2.09. The van der Waals surface area contributed by atoms with Gasteiger partial charge in [-0.2, -0.15) is 0 Å². The van der Waals surface area contributed by atoms with Crippen LogP contribution in [-0.4, -0.2) is 0 Å². The minimum absolute atomic E-state index is 1.07. The molecule has 0 amide bonds. The molecule has 0 saturated heterocycles. The number of hydrogen-bond donors (Lipinski definition) is 0. The fraction of sp³-hybridized carbons (Fsp3) is 0.133. The summed E-state index contributed by atoms with van der Waals surface area (Å²) in [6.45, 7) is 4.26. The quantitative estimate of drug-likeness (QED) is 0.335. The van der Waals surface area contributed by atoms with E-state index in [1.54, 1.807) is 0 Å². The molecule has 1 nitrogen and oxygen atoms in total. The molecule has 0 unspecified atom stereocenters. The van der Waals surface area contributed by atoms with Crippen molar-refractivity contribution >= 4 is 23.1 Å². The van der Waals surface area contributed by atoms with Crippen molar-refractivity contribution in [2.75, 3.05) is 4.90 Å². The lowest BCUT2D eigenvalue weighted by Gasteiger charge is -2.26. The summed E-state index contributed by atoms with van der Waals surface area (Å²) in [4.78, 5) is 2.32. The maximum Gasteiger partial charge on any atom is 0.0462 e. The van der Waals surface area contributed by atoms with E-state index in [0.717, 1.165) is 12.8 Å². The van der Waals surface area contributed by atoms with Crippen molar-refractivity contribution in [3.8, 4) is 0 Å². The van der Waals surface area contributed by atoms with Gasteiger partial charge in [0.15, 0.2) is 0 Å². The van der Waals surface area contributed by atoms with Crippen LogP contribution in [0.3, 0.4) is 0 Å². The van der Waals surface area contributed by atoms with E-state index in [2.05, 4.69) is 122 Å². The molecule has 4 aromatic rings. The molecule has 0 spiro atoms. The maximum absolute atomic E-state index is 2.35.